The maximum atomic E-state index is 12.6. The Kier molecular flexibility index (Phi) is 7.66. The van der Waals surface area contributed by atoms with Crippen molar-refractivity contribution in [1.82, 2.24) is 9.97 Å². The molecule has 0 aliphatic heterocycles. The molecule has 6 heteroatoms. The zero-order chi connectivity index (χ0) is 22.0. The van der Waals surface area contributed by atoms with E-state index in [1.165, 1.54) is 11.4 Å². The second kappa shape index (κ2) is 10.3. The van der Waals surface area contributed by atoms with Gasteiger partial charge in [-0.1, -0.05) is 30.7 Å². The molecule has 2 aromatic carbocycles. The maximum Gasteiger partial charge on any atom is 0.259 e. The van der Waals surface area contributed by atoms with Crippen LogP contribution in [0.5, 0.6) is 5.75 Å². The number of H-pyrrole nitrogens is 1. The summed E-state index contributed by atoms with van der Waals surface area (Å²) in [6, 6.07) is 17.7. The van der Waals surface area contributed by atoms with Crippen molar-refractivity contribution in [1.29, 1.82) is 0 Å². The lowest BCUT2D eigenvalue weighted by molar-refractivity contribution is -0.708. The number of ether oxygens (including phenoxy) is 1. The second-order valence-electron chi connectivity index (χ2n) is 8.02. The van der Waals surface area contributed by atoms with Gasteiger partial charge in [-0.05, 0) is 31.2 Å². The number of aromatic nitrogens is 3. The highest BCUT2D eigenvalue weighted by atomic mass is 127. The van der Waals surface area contributed by atoms with Crippen LogP contribution < -0.4 is 38.8 Å². The third-order valence-corrected chi connectivity index (χ3v) is 5.48. The molecule has 5 nitrogen and oxygen atoms in total. The Morgan fingerprint density at radius 3 is 2.44 bits per heavy atom. The highest BCUT2D eigenvalue weighted by molar-refractivity contribution is 5.80. The fourth-order valence-electron chi connectivity index (χ4n) is 4.00. The number of nitrogens with one attached hydrogen (secondary N) is 1. The number of para-hydroxylation sites is 1. The Bertz CT molecular complexity index is 1290. The monoisotopic (exact) mass is 541 g/mol. The molecule has 0 bridgehead atoms. The average Bonchev–Trinajstić information content (AvgIpc) is 2.75. The normalized spacial score (nSPS) is 10.8. The van der Waals surface area contributed by atoms with Crippen LogP contribution in [0.4, 0.5) is 0 Å². The van der Waals surface area contributed by atoms with E-state index >= 15 is 0 Å². The predicted octanol–water partition coefficient (Wildman–Crippen LogP) is 1.80. The molecule has 4 rings (SSSR count). The summed E-state index contributed by atoms with van der Waals surface area (Å²) >= 11 is 0. The lowest BCUT2D eigenvalue weighted by atomic mass is 10.1. The van der Waals surface area contributed by atoms with Crippen LogP contribution in [0.25, 0.3) is 22.3 Å². The van der Waals surface area contributed by atoms with Gasteiger partial charge in [0.05, 0.1) is 16.5 Å². The van der Waals surface area contributed by atoms with Gasteiger partial charge in [-0.3, -0.25) is 4.79 Å². The SMILES string of the molecule is CCC[n+]1c(C)cc(COc2ccc(C)cc2-c2nc3ccccc3c(=O)[nH]2)cc1C.[I-]. The molecular weight excluding hydrogens is 513 g/mol. The van der Waals surface area contributed by atoms with Crippen molar-refractivity contribution in [3.05, 3.63) is 87.5 Å². The first-order valence-electron chi connectivity index (χ1n) is 10.7. The predicted molar refractivity (Wildman–Crippen MR) is 123 cm³/mol. The van der Waals surface area contributed by atoms with E-state index in [1.807, 2.05) is 43.3 Å². The van der Waals surface area contributed by atoms with Crippen molar-refractivity contribution in [3.8, 4) is 17.1 Å². The number of hydrogen-bond donors (Lipinski definition) is 1. The number of benzene rings is 2. The van der Waals surface area contributed by atoms with Crippen molar-refractivity contribution in [2.75, 3.05) is 0 Å². The highest BCUT2D eigenvalue weighted by Gasteiger charge is 2.15. The fraction of sp³-hybridized carbons (Fsp3) is 0.269. The minimum absolute atomic E-state index is 0. The summed E-state index contributed by atoms with van der Waals surface area (Å²) in [5, 5.41) is 0.581. The number of aryl methyl sites for hydroxylation is 3. The molecule has 0 spiro atoms. The third-order valence-electron chi connectivity index (χ3n) is 5.48. The number of nitrogens with zero attached hydrogens (tertiary/aromatic N) is 2. The number of pyridine rings is 1. The molecule has 32 heavy (non-hydrogen) atoms. The summed E-state index contributed by atoms with van der Waals surface area (Å²) in [5.74, 6) is 1.22. The van der Waals surface area contributed by atoms with Gasteiger partial charge in [0.2, 0.25) is 0 Å². The summed E-state index contributed by atoms with van der Waals surface area (Å²) in [5.41, 5.74) is 5.95. The molecule has 166 valence electrons. The van der Waals surface area contributed by atoms with E-state index in [0.717, 1.165) is 29.7 Å². The van der Waals surface area contributed by atoms with Crippen molar-refractivity contribution in [3.63, 3.8) is 0 Å². The molecule has 1 N–H and O–H groups in total. The van der Waals surface area contributed by atoms with Gasteiger partial charge >= 0.3 is 0 Å². The number of rotatable bonds is 6. The van der Waals surface area contributed by atoms with Crippen molar-refractivity contribution >= 4 is 10.9 Å². The number of fused-ring (bicyclic) bond motifs is 1. The smallest absolute Gasteiger partial charge is 0.259 e. The van der Waals surface area contributed by atoms with Crippen molar-refractivity contribution < 1.29 is 33.3 Å². The molecule has 4 aromatic rings. The Morgan fingerprint density at radius 1 is 1.00 bits per heavy atom. The van der Waals surface area contributed by atoms with Crippen LogP contribution in [0, 0.1) is 20.8 Å². The van der Waals surface area contributed by atoms with Crippen LogP contribution in [0.3, 0.4) is 0 Å². The molecule has 0 saturated carbocycles. The van der Waals surface area contributed by atoms with Gasteiger partial charge in [-0.15, -0.1) is 0 Å². The topological polar surface area (TPSA) is 58.9 Å². The average molecular weight is 541 g/mol. The van der Waals surface area contributed by atoms with E-state index in [2.05, 4.69) is 47.4 Å². The van der Waals surface area contributed by atoms with Crippen LogP contribution in [0.15, 0.2) is 59.4 Å². The Morgan fingerprint density at radius 2 is 1.72 bits per heavy atom. The maximum absolute atomic E-state index is 12.6. The summed E-state index contributed by atoms with van der Waals surface area (Å²) in [7, 11) is 0. The van der Waals surface area contributed by atoms with E-state index < -0.39 is 0 Å². The van der Waals surface area contributed by atoms with E-state index in [-0.39, 0.29) is 29.5 Å². The van der Waals surface area contributed by atoms with Crippen LogP contribution in [0.2, 0.25) is 0 Å². The molecule has 0 fully saturated rings. The second-order valence-corrected chi connectivity index (χ2v) is 8.02. The molecule has 0 unspecified atom stereocenters. The Hall–Kier alpha value is -2.74. The van der Waals surface area contributed by atoms with Gasteiger partial charge in [0.1, 0.15) is 24.7 Å². The molecule has 2 heterocycles. The lowest BCUT2D eigenvalue weighted by Crippen LogP contribution is -3.00. The third kappa shape index (κ3) is 5.01. The first-order valence-corrected chi connectivity index (χ1v) is 10.7. The van der Waals surface area contributed by atoms with Gasteiger partial charge in [0.25, 0.3) is 5.56 Å². The standard InChI is InChI=1S/C26H27N3O2.HI/c1-5-12-29-18(3)14-20(15-19(29)4)16-31-24-11-10-17(2)13-22(24)25-27-23-9-7-6-8-21(23)26(30)28-25;/h6-11,13-15H,5,12,16H2,1-4H3;1H. The van der Waals surface area contributed by atoms with Crippen LogP contribution in [0.1, 0.15) is 35.9 Å². The molecule has 0 aliphatic rings. The molecule has 0 saturated heterocycles. The molecule has 0 radical (unpaired) electrons. The highest BCUT2D eigenvalue weighted by Crippen LogP contribution is 2.29. The minimum atomic E-state index is -0.150. The summed E-state index contributed by atoms with van der Waals surface area (Å²) in [6.45, 7) is 9.93. The Labute approximate surface area is 205 Å². The van der Waals surface area contributed by atoms with E-state index in [4.69, 9.17) is 4.74 Å². The molecule has 0 atom stereocenters. The minimum Gasteiger partial charge on any atom is -1.00 e. The lowest BCUT2D eigenvalue weighted by Gasteiger charge is -2.13. The summed E-state index contributed by atoms with van der Waals surface area (Å²) in [4.78, 5) is 20.2. The van der Waals surface area contributed by atoms with Gasteiger partial charge in [-0.2, -0.15) is 0 Å². The van der Waals surface area contributed by atoms with Crippen LogP contribution >= 0.6 is 0 Å². The zero-order valence-electron chi connectivity index (χ0n) is 18.9. The number of aromatic amines is 1. The molecule has 0 aliphatic carbocycles. The van der Waals surface area contributed by atoms with Gasteiger partial charge in [0.15, 0.2) is 11.4 Å². The quantitative estimate of drug-likeness (QED) is 0.299. The van der Waals surface area contributed by atoms with E-state index in [1.54, 1.807) is 6.07 Å². The molecule has 2 aromatic heterocycles. The van der Waals surface area contributed by atoms with Crippen LogP contribution in [-0.4, -0.2) is 9.97 Å². The van der Waals surface area contributed by atoms with E-state index in [0.29, 0.717) is 29.1 Å². The van der Waals surface area contributed by atoms with Gasteiger partial charge in [-0.25, -0.2) is 9.55 Å². The first-order chi connectivity index (χ1) is 15.0. The van der Waals surface area contributed by atoms with Gasteiger partial charge in [0, 0.05) is 38.0 Å². The molecule has 0 amide bonds. The summed E-state index contributed by atoms with van der Waals surface area (Å²) in [6.07, 6.45) is 1.10. The number of halogens is 1. The summed E-state index contributed by atoms with van der Waals surface area (Å²) < 4.78 is 8.55. The fourth-order valence-corrected chi connectivity index (χ4v) is 4.00. The van der Waals surface area contributed by atoms with Crippen molar-refractivity contribution in [2.45, 2.75) is 47.3 Å². The zero-order valence-corrected chi connectivity index (χ0v) is 21.1. The Balaban J connectivity index is 0.00000289. The molecular formula is C26H28IN3O2. The van der Waals surface area contributed by atoms with Crippen LogP contribution in [-0.2, 0) is 13.2 Å². The van der Waals surface area contributed by atoms with E-state index in [9.17, 15) is 4.79 Å². The first kappa shape index (κ1) is 23.9. The number of hydrogen-bond acceptors (Lipinski definition) is 3. The van der Waals surface area contributed by atoms with Gasteiger partial charge < -0.3 is 33.7 Å². The van der Waals surface area contributed by atoms with Crippen molar-refractivity contribution in [2.24, 2.45) is 0 Å². The largest absolute Gasteiger partial charge is 1.00 e.